The molecule has 0 radical (unpaired) electrons. The van der Waals surface area contributed by atoms with E-state index in [4.69, 9.17) is 4.74 Å². The van der Waals surface area contributed by atoms with Crippen LogP contribution in [0.15, 0.2) is 24.3 Å². The van der Waals surface area contributed by atoms with Gasteiger partial charge in [-0.15, -0.1) is 0 Å². The van der Waals surface area contributed by atoms with Crippen LogP contribution in [-0.2, 0) is 0 Å². The Morgan fingerprint density at radius 2 is 2.21 bits per heavy atom. The Kier molecular flexibility index (Phi) is 4.64. The van der Waals surface area contributed by atoms with Gasteiger partial charge in [0, 0.05) is 19.1 Å². The summed E-state index contributed by atoms with van der Waals surface area (Å²) >= 11 is 0. The number of hydrogen-bond acceptors (Lipinski definition) is 4. The Bertz CT molecular complexity index is 453. The maximum absolute atomic E-state index is 9.25. The SMILES string of the molecule is CC(C)NC(C#N)CN1CCCOc2ccccc21. The van der Waals surface area contributed by atoms with Gasteiger partial charge in [0.05, 0.1) is 18.4 Å². The number of hydrogen-bond donors (Lipinski definition) is 1. The molecule has 0 fully saturated rings. The first-order chi connectivity index (χ1) is 9.20. The smallest absolute Gasteiger partial charge is 0.142 e. The third-order valence-electron chi connectivity index (χ3n) is 3.13. The molecule has 19 heavy (non-hydrogen) atoms. The highest BCUT2D eigenvalue weighted by Gasteiger charge is 2.19. The lowest BCUT2D eigenvalue weighted by molar-refractivity contribution is 0.322. The van der Waals surface area contributed by atoms with Gasteiger partial charge in [-0.3, -0.25) is 5.32 Å². The van der Waals surface area contributed by atoms with E-state index in [1.807, 2.05) is 18.2 Å². The molecule has 1 unspecified atom stereocenters. The van der Waals surface area contributed by atoms with Gasteiger partial charge in [0.1, 0.15) is 11.8 Å². The Morgan fingerprint density at radius 1 is 1.42 bits per heavy atom. The van der Waals surface area contributed by atoms with Crippen LogP contribution in [0.4, 0.5) is 5.69 Å². The van der Waals surface area contributed by atoms with Gasteiger partial charge < -0.3 is 9.64 Å². The third-order valence-corrected chi connectivity index (χ3v) is 3.13. The molecule has 0 aromatic heterocycles. The molecule has 0 spiro atoms. The summed E-state index contributed by atoms with van der Waals surface area (Å²) in [6.07, 6.45) is 0.981. The van der Waals surface area contributed by atoms with Crippen LogP contribution in [0.1, 0.15) is 20.3 Å². The van der Waals surface area contributed by atoms with Crippen LogP contribution >= 0.6 is 0 Å². The molecule has 1 N–H and O–H groups in total. The molecule has 1 heterocycles. The number of rotatable bonds is 4. The molecule has 102 valence electrons. The van der Waals surface area contributed by atoms with Gasteiger partial charge in [0.15, 0.2) is 0 Å². The van der Waals surface area contributed by atoms with Crippen LogP contribution < -0.4 is 15.0 Å². The van der Waals surface area contributed by atoms with Crippen LogP contribution in [0.5, 0.6) is 5.75 Å². The van der Waals surface area contributed by atoms with E-state index in [0.717, 1.165) is 31.0 Å². The van der Waals surface area contributed by atoms with Crippen LogP contribution in [-0.4, -0.2) is 31.8 Å². The lowest BCUT2D eigenvalue weighted by atomic mass is 10.2. The van der Waals surface area contributed by atoms with Crippen LogP contribution in [0.3, 0.4) is 0 Å². The van der Waals surface area contributed by atoms with Crippen molar-refractivity contribution in [2.75, 3.05) is 24.6 Å². The van der Waals surface area contributed by atoms with Gasteiger partial charge >= 0.3 is 0 Å². The molecule has 0 aliphatic carbocycles. The molecule has 1 aromatic carbocycles. The molecule has 4 heteroatoms. The van der Waals surface area contributed by atoms with Gasteiger partial charge in [0.25, 0.3) is 0 Å². The minimum Gasteiger partial charge on any atom is -0.491 e. The highest BCUT2D eigenvalue weighted by molar-refractivity contribution is 5.59. The summed E-state index contributed by atoms with van der Waals surface area (Å²) in [4.78, 5) is 2.24. The highest BCUT2D eigenvalue weighted by atomic mass is 16.5. The van der Waals surface area contributed by atoms with Crippen molar-refractivity contribution in [1.29, 1.82) is 5.26 Å². The van der Waals surface area contributed by atoms with Gasteiger partial charge in [-0.05, 0) is 32.4 Å². The van der Waals surface area contributed by atoms with E-state index in [2.05, 4.69) is 36.2 Å². The molecule has 0 saturated carbocycles. The number of fused-ring (bicyclic) bond motifs is 1. The van der Waals surface area contributed by atoms with Crippen molar-refractivity contribution in [3.8, 4) is 11.8 Å². The van der Waals surface area contributed by atoms with Crippen LogP contribution in [0.2, 0.25) is 0 Å². The Morgan fingerprint density at radius 3 is 2.95 bits per heavy atom. The molecule has 1 aromatic rings. The maximum atomic E-state index is 9.25. The number of benzene rings is 1. The lowest BCUT2D eigenvalue weighted by Crippen LogP contribution is -2.43. The van der Waals surface area contributed by atoms with Gasteiger partial charge in [-0.1, -0.05) is 12.1 Å². The molecule has 2 rings (SSSR count). The first-order valence-corrected chi connectivity index (χ1v) is 6.83. The van der Waals surface area contributed by atoms with Gasteiger partial charge in [-0.25, -0.2) is 0 Å². The van der Waals surface area contributed by atoms with E-state index in [-0.39, 0.29) is 6.04 Å². The average Bonchev–Trinajstić information content (AvgIpc) is 2.60. The number of nitriles is 1. The fourth-order valence-electron chi connectivity index (χ4n) is 2.34. The van der Waals surface area contributed by atoms with Crippen molar-refractivity contribution >= 4 is 5.69 Å². The second-order valence-corrected chi connectivity index (χ2v) is 5.12. The van der Waals surface area contributed by atoms with E-state index in [1.165, 1.54) is 0 Å². The standard InChI is InChI=1S/C15H21N3O/c1-12(2)17-13(10-16)11-18-8-5-9-19-15-7-4-3-6-14(15)18/h3-4,6-7,12-13,17H,5,8-9,11H2,1-2H3. The number of para-hydroxylation sites is 2. The van der Waals surface area contributed by atoms with E-state index in [0.29, 0.717) is 12.6 Å². The zero-order chi connectivity index (χ0) is 13.7. The summed E-state index contributed by atoms with van der Waals surface area (Å²) in [5, 5.41) is 12.5. The zero-order valence-electron chi connectivity index (χ0n) is 11.6. The summed E-state index contributed by atoms with van der Waals surface area (Å²) in [5.74, 6) is 0.918. The Hall–Kier alpha value is -1.73. The Balaban J connectivity index is 2.13. The number of anilines is 1. The van der Waals surface area contributed by atoms with Crippen LogP contribution in [0, 0.1) is 11.3 Å². The van der Waals surface area contributed by atoms with Crippen molar-refractivity contribution < 1.29 is 4.74 Å². The van der Waals surface area contributed by atoms with Crippen molar-refractivity contribution in [1.82, 2.24) is 5.32 Å². The minimum absolute atomic E-state index is 0.161. The van der Waals surface area contributed by atoms with Gasteiger partial charge in [0.2, 0.25) is 0 Å². The third kappa shape index (κ3) is 3.62. The van der Waals surface area contributed by atoms with E-state index in [9.17, 15) is 5.26 Å². The molecule has 1 atom stereocenters. The van der Waals surface area contributed by atoms with Gasteiger partial charge in [-0.2, -0.15) is 5.26 Å². The van der Waals surface area contributed by atoms with E-state index in [1.54, 1.807) is 0 Å². The molecule has 1 aliphatic rings. The van der Waals surface area contributed by atoms with Crippen molar-refractivity contribution in [2.45, 2.75) is 32.4 Å². The second-order valence-electron chi connectivity index (χ2n) is 5.12. The molecular weight excluding hydrogens is 238 g/mol. The molecule has 4 nitrogen and oxygen atoms in total. The normalized spacial score (nSPS) is 16.2. The predicted octanol–water partition coefficient (Wildman–Crippen LogP) is 2.17. The lowest BCUT2D eigenvalue weighted by Gasteiger charge is -2.27. The highest BCUT2D eigenvalue weighted by Crippen LogP contribution is 2.30. The summed E-state index contributed by atoms with van der Waals surface area (Å²) in [6, 6.07) is 10.5. The minimum atomic E-state index is -0.161. The first-order valence-electron chi connectivity index (χ1n) is 6.83. The molecule has 0 bridgehead atoms. The Labute approximate surface area is 115 Å². The monoisotopic (exact) mass is 259 g/mol. The second kappa shape index (κ2) is 6.44. The summed E-state index contributed by atoms with van der Waals surface area (Å²) in [6.45, 7) is 6.47. The fraction of sp³-hybridized carbons (Fsp3) is 0.533. The van der Waals surface area contributed by atoms with Crippen molar-refractivity contribution in [3.05, 3.63) is 24.3 Å². The number of nitrogens with one attached hydrogen (secondary N) is 1. The molecule has 1 aliphatic heterocycles. The largest absolute Gasteiger partial charge is 0.491 e. The quantitative estimate of drug-likeness (QED) is 0.900. The molecule has 0 saturated heterocycles. The predicted molar refractivity (Wildman–Crippen MR) is 76.4 cm³/mol. The van der Waals surface area contributed by atoms with Crippen molar-refractivity contribution in [3.63, 3.8) is 0 Å². The first kappa shape index (κ1) is 13.7. The maximum Gasteiger partial charge on any atom is 0.142 e. The summed E-state index contributed by atoms with van der Waals surface area (Å²) in [7, 11) is 0. The average molecular weight is 259 g/mol. The zero-order valence-corrected chi connectivity index (χ0v) is 11.6. The molecule has 0 amide bonds. The molecular formula is C15H21N3O. The summed E-state index contributed by atoms with van der Waals surface area (Å²) in [5.41, 5.74) is 1.09. The summed E-state index contributed by atoms with van der Waals surface area (Å²) < 4.78 is 5.73. The van der Waals surface area contributed by atoms with Crippen LogP contribution in [0.25, 0.3) is 0 Å². The van der Waals surface area contributed by atoms with E-state index < -0.39 is 0 Å². The fourth-order valence-corrected chi connectivity index (χ4v) is 2.34. The topological polar surface area (TPSA) is 48.3 Å². The number of nitrogens with zero attached hydrogens (tertiary/aromatic N) is 2. The van der Waals surface area contributed by atoms with E-state index >= 15 is 0 Å². The number of ether oxygens (including phenoxy) is 1. The van der Waals surface area contributed by atoms with Crippen molar-refractivity contribution in [2.24, 2.45) is 0 Å².